The Hall–Kier alpha value is -0.980. The number of hydrogen-bond donors (Lipinski definition) is 2. The highest BCUT2D eigenvalue weighted by atomic mass is 127. The Morgan fingerprint density at radius 2 is 2.11 bits per heavy atom. The summed E-state index contributed by atoms with van der Waals surface area (Å²) in [7, 11) is 3.49. The van der Waals surface area contributed by atoms with Gasteiger partial charge >= 0.3 is 0 Å². The zero-order valence-electron chi connectivity index (χ0n) is 11.6. The summed E-state index contributed by atoms with van der Waals surface area (Å²) in [6, 6.07) is 8.59. The van der Waals surface area contributed by atoms with E-state index in [1.807, 2.05) is 18.2 Å². The molecule has 1 aliphatic carbocycles. The van der Waals surface area contributed by atoms with Crippen LogP contribution in [0.5, 0.6) is 5.75 Å². The van der Waals surface area contributed by atoms with Crippen molar-refractivity contribution in [3.63, 3.8) is 0 Å². The van der Waals surface area contributed by atoms with Crippen LogP contribution in [0.2, 0.25) is 0 Å². The number of guanidine groups is 1. The second-order valence-electron chi connectivity index (χ2n) is 4.70. The molecule has 0 heterocycles. The first-order chi connectivity index (χ1) is 8.74. The highest BCUT2D eigenvalue weighted by Gasteiger charge is 2.33. The van der Waals surface area contributed by atoms with E-state index in [1.54, 1.807) is 14.2 Å². The number of halogens is 1. The van der Waals surface area contributed by atoms with E-state index in [2.05, 4.69) is 28.6 Å². The minimum Gasteiger partial charge on any atom is -0.496 e. The highest BCUT2D eigenvalue weighted by molar-refractivity contribution is 14.0. The number of methoxy groups -OCH3 is 1. The third kappa shape index (κ3) is 4.56. The number of ether oxygens (including phenoxy) is 1. The van der Waals surface area contributed by atoms with Crippen molar-refractivity contribution in [2.75, 3.05) is 14.2 Å². The molecule has 2 rings (SSSR count). The Balaban J connectivity index is 0.00000180. The van der Waals surface area contributed by atoms with Crippen LogP contribution >= 0.6 is 24.0 Å². The van der Waals surface area contributed by atoms with Gasteiger partial charge in [-0.15, -0.1) is 24.0 Å². The minimum atomic E-state index is 0. The number of rotatable bonds is 4. The van der Waals surface area contributed by atoms with E-state index in [1.165, 1.54) is 6.42 Å². The molecule has 5 heteroatoms. The Morgan fingerprint density at radius 1 is 1.42 bits per heavy atom. The van der Waals surface area contributed by atoms with Gasteiger partial charge in [0.15, 0.2) is 5.96 Å². The number of nitrogens with one attached hydrogen (secondary N) is 2. The first kappa shape index (κ1) is 16.1. The van der Waals surface area contributed by atoms with Crippen molar-refractivity contribution in [1.29, 1.82) is 0 Å². The van der Waals surface area contributed by atoms with Crippen molar-refractivity contribution in [2.24, 2.45) is 10.9 Å². The summed E-state index contributed by atoms with van der Waals surface area (Å²) in [6.45, 7) is 2.95. The number of benzene rings is 1. The lowest BCUT2D eigenvalue weighted by molar-refractivity contribution is 0.409. The van der Waals surface area contributed by atoms with Crippen molar-refractivity contribution in [3.8, 4) is 5.75 Å². The van der Waals surface area contributed by atoms with Crippen LogP contribution in [0.25, 0.3) is 0 Å². The molecule has 1 aliphatic rings. The monoisotopic (exact) mass is 375 g/mol. The van der Waals surface area contributed by atoms with Gasteiger partial charge < -0.3 is 15.4 Å². The van der Waals surface area contributed by atoms with E-state index >= 15 is 0 Å². The van der Waals surface area contributed by atoms with Crippen LogP contribution in [0, 0.1) is 5.92 Å². The number of para-hydroxylation sites is 1. The molecule has 1 aromatic carbocycles. The summed E-state index contributed by atoms with van der Waals surface area (Å²) in [4.78, 5) is 4.23. The quantitative estimate of drug-likeness (QED) is 0.483. The van der Waals surface area contributed by atoms with Crippen LogP contribution in [0.4, 0.5) is 0 Å². The summed E-state index contributed by atoms with van der Waals surface area (Å²) in [5, 5.41) is 6.71. The van der Waals surface area contributed by atoms with E-state index in [4.69, 9.17) is 4.74 Å². The van der Waals surface area contributed by atoms with Gasteiger partial charge in [0.2, 0.25) is 0 Å². The normalized spacial score (nSPS) is 21.3. The number of aliphatic imine (C=N–C) groups is 1. The maximum absolute atomic E-state index is 5.32. The molecule has 1 saturated carbocycles. The SMILES string of the molecule is CN=C(NCc1ccccc1OC)NC1CC1C.I. The molecular weight excluding hydrogens is 353 g/mol. The Kier molecular flexibility index (Phi) is 6.41. The van der Waals surface area contributed by atoms with Gasteiger partial charge in [-0.2, -0.15) is 0 Å². The van der Waals surface area contributed by atoms with Crippen molar-refractivity contribution < 1.29 is 4.74 Å². The van der Waals surface area contributed by atoms with E-state index in [0.29, 0.717) is 12.6 Å². The lowest BCUT2D eigenvalue weighted by atomic mass is 10.2. The van der Waals surface area contributed by atoms with Crippen LogP contribution in [-0.4, -0.2) is 26.2 Å². The molecule has 1 fully saturated rings. The zero-order valence-corrected chi connectivity index (χ0v) is 14.0. The maximum Gasteiger partial charge on any atom is 0.191 e. The Morgan fingerprint density at radius 3 is 2.68 bits per heavy atom. The van der Waals surface area contributed by atoms with Crippen LogP contribution in [-0.2, 0) is 6.54 Å². The first-order valence-corrected chi connectivity index (χ1v) is 6.33. The minimum absolute atomic E-state index is 0. The molecule has 2 unspecified atom stereocenters. The molecule has 4 nitrogen and oxygen atoms in total. The molecule has 0 spiro atoms. The van der Waals surface area contributed by atoms with Gasteiger partial charge in [0, 0.05) is 25.2 Å². The molecule has 0 saturated heterocycles. The van der Waals surface area contributed by atoms with Crippen molar-refractivity contribution in [3.05, 3.63) is 29.8 Å². The summed E-state index contributed by atoms with van der Waals surface area (Å²) < 4.78 is 5.32. The highest BCUT2D eigenvalue weighted by Crippen LogP contribution is 2.28. The first-order valence-electron chi connectivity index (χ1n) is 6.33. The average molecular weight is 375 g/mol. The van der Waals surface area contributed by atoms with Crippen LogP contribution < -0.4 is 15.4 Å². The molecule has 0 aromatic heterocycles. The third-order valence-corrected chi connectivity index (χ3v) is 3.29. The summed E-state index contributed by atoms with van der Waals surface area (Å²) in [5.41, 5.74) is 1.13. The molecule has 0 radical (unpaired) electrons. The van der Waals surface area contributed by atoms with Gasteiger partial charge in [-0.05, 0) is 18.4 Å². The van der Waals surface area contributed by atoms with Crippen molar-refractivity contribution >= 4 is 29.9 Å². The predicted octanol–water partition coefficient (Wildman–Crippen LogP) is 2.39. The average Bonchev–Trinajstić information content (AvgIpc) is 3.10. The van der Waals surface area contributed by atoms with Crippen LogP contribution in [0.3, 0.4) is 0 Å². The number of nitrogens with zero attached hydrogens (tertiary/aromatic N) is 1. The number of hydrogen-bond acceptors (Lipinski definition) is 2. The lowest BCUT2D eigenvalue weighted by Crippen LogP contribution is -2.38. The largest absolute Gasteiger partial charge is 0.496 e. The molecular formula is C14H22IN3O. The second-order valence-corrected chi connectivity index (χ2v) is 4.70. The topological polar surface area (TPSA) is 45.7 Å². The molecule has 106 valence electrons. The van der Waals surface area contributed by atoms with Gasteiger partial charge in [-0.3, -0.25) is 4.99 Å². The van der Waals surface area contributed by atoms with E-state index in [9.17, 15) is 0 Å². The third-order valence-electron chi connectivity index (χ3n) is 3.29. The van der Waals surface area contributed by atoms with Crippen LogP contribution in [0.15, 0.2) is 29.3 Å². The van der Waals surface area contributed by atoms with Crippen molar-refractivity contribution in [2.45, 2.75) is 25.9 Å². The van der Waals surface area contributed by atoms with Gasteiger partial charge in [0.1, 0.15) is 5.75 Å². The fourth-order valence-electron chi connectivity index (χ4n) is 1.92. The van der Waals surface area contributed by atoms with Gasteiger partial charge in [0.05, 0.1) is 7.11 Å². The van der Waals surface area contributed by atoms with Gasteiger partial charge in [-0.25, -0.2) is 0 Å². The molecule has 0 aliphatic heterocycles. The fourth-order valence-corrected chi connectivity index (χ4v) is 1.92. The van der Waals surface area contributed by atoms with Gasteiger partial charge in [-0.1, -0.05) is 25.1 Å². The van der Waals surface area contributed by atoms with E-state index in [-0.39, 0.29) is 24.0 Å². The van der Waals surface area contributed by atoms with E-state index < -0.39 is 0 Å². The molecule has 0 amide bonds. The molecule has 19 heavy (non-hydrogen) atoms. The van der Waals surface area contributed by atoms with Crippen molar-refractivity contribution in [1.82, 2.24) is 10.6 Å². The smallest absolute Gasteiger partial charge is 0.191 e. The van der Waals surface area contributed by atoms with Crippen LogP contribution in [0.1, 0.15) is 18.9 Å². The summed E-state index contributed by atoms with van der Waals surface area (Å²) in [6.07, 6.45) is 1.23. The molecule has 2 N–H and O–H groups in total. The summed E-state index contributed by atoms with van der Waals surface area (Å²) >= 11 is 0. The second kappa shape index (κ2) is 7.57. The standard InChI is InChI=1S/C14H21N3O.HI/c1-10-8-12(10)17-14(15-2)16-9-11-6-4-5-7-13(11)18-3;/h4-7,10,12H,8-9H2,1-3H3,(H2,15,16,17);1H. The fraction of sp³-hybridized carbons (Fsp3) is 0.500. The van der Waals surface area contributed by atoms with Gasteiger partial charge in [0.25, 0.3) is 0 Å². The lowest BCUT2D eigenvalue weighted by Gasteiger charge is -2.13. The molecule has 2 atom stereocenters. The molecule has 1 aromatic rings. The summed E-state index contributed by atoms with van der Waals surface area (Å²) in [5.74, 6) is 2.52. The Bertz CT molecular complexity index is 436. The zero-order chi connectivity index (χ0) is 13.0. The molecule has 0 bridgehead atoms. The Labute approximate surface area is 132 Å². The maximum atomic E-state index is 5.32. The van der Waals surface area contributed by atoms with E-state index in [0.717, 1.165) is 23.2 Å². The predicted molar refractivity (Wildman–Crippen MR) is 89.3 cm³/mol.